The van der Waals surface area contributed by atoms with Gasteiger partial charge in [-0.3, -0.25) is 9.59 Å². The predicted octanol–water partition coefficient (Wildman–Crippen LogP) is 1.58. The molecule has 3 N–H and O–H groups in total. The van der Waals surface area contributed by atoms with E-state index in [-0.39, 0.29) is 24.8 Å². The number of carboxylic acid groups (broad SMARTS) is 1. The lowest BCUT2D eigenvalue weighted by molar-refractivity contribution is -0.137. The number of amides is 1. The number of benzene rings is 1. The van der Waals surface area contributed by atoms with Gasteiger partial charge in [-0.1, -0.05) is 18.2 Å². The summed E-state index contributed by atoms with van der Waals surface area (Å²) in [5, 5.41) is 9.01. The van der Waals surface area contributed by atoms with Crippen molar-refractivity contribution in [3.8, 4) is 0 Å². The largest absolute Gasteiger partial charge is 0.481 e. The van der Waals surface area contributed by atoms with Crippen molar-refractivity contribution in [2.45, 2.75) is 26.2 Å². The van der Waals surface area contributed by atoms with E-state index in [2.05, 4.69) is 0 Å². The van der Waals surface area contributed by atoms with Crippen LogP contribution < -0.4 is 10.6 Å². The van der Waals surface area contributed by atoms with E-state index < -0.39 is 11.4 Å². The van der Waals surface area contributed by atoms with Crippen molar-refractivity contribution >= 4 is 17.6 Å². The number of carboxylic acids is 1. The molecule has 1 unspecified atom stereocenters. The van der Waals surface area contributed by atoms with Crippen molar-refractivity contribution in [3.05, 3.63) is 29.8 Å². The Kier molecular flexibility index (Phi) is 3.81. The molecule has 1 heterocycles. The minimum absolute atomic E-state index is 0.0316. The summed E-state index contributed by atoms with van der Waals surface area (Å²) >= 11 is 0. The fraction of sp³-hybridized carbons (Fsp3) is 0.467. The first kappa shape index (κ1) is 14.5. The molecule has 2 rings (SSSR count). The van der Waals surface area contributed by atoms with E-state index >= 15 is 0 Å². The number of rotatable bonds is 4. The summed E-state index contributed by atoms with van der Waals surface area (Å²) in [4.78, 5) is 25.2. The molecule has 1 amide bonds. The first-order chi connectivity index (χ1) is 9.36. The summed E-state index contributed by atoms with van der Waals surface area (Å²) in [6, 6.07) is 7.49. The third-order valence-corrected chi connectivity index (χ3v) is 3.83. The van der Waals surface area contributed by atoms with Crippen LogP contribution in [0.5, 0.6) is 0 Å². The number of carbonyl (C=O) groups is 2. The molecular formula is C15H20N2O3. The molecule has 5 heteroatoms. The molecule has 0 bridgehead atoms. The van der Waals surface area contributed by atoms with Gasteiger partial charge in [0.1, 0.15) is 0 Å². The van der Waals surface area contributed by atoms with Gasteiger partial charge in [0, 0.05) is 24.7 Å². The number of nitrogens with zero attached hydrogens (tertiary/aromatic N) is 1. The van der Waals surface area contributed by atoms with Gasteiger partial charge in [0.15, 0.2) is 0 Å². The zero-order valence-corrected chi connectivity index (χ0v) is 11.8. The second-order valence-corrected chi connectivity index (χ2v) is 5.86. The summed E-state index contributed by atoms with van der Waals surface area (Å²) < 4.78 is 0. The van der Waals surface area contributed by atoms with E-state index in [1.807, 2.05) is 38.1 Å². The van der Waals surface area contributed by atoms with Gasteiger partial charge >= 0.3 is 5.97 Å². The Balaban J connectivity index is 2.34. The average molecular weight is 276 g/mol. The van der Waals surface area contributed by atoms with Crippen LogP contribution in [0, 0.1) is 5.41 Å². The minimum Gasteiger partial charge on any atom is -0.481 e. The Morgan fingerprint density at radius 1 is 1.40 bits per heavy atom. The van der Waals surface area contributed by atoms with Crippen LogP contribution in [-0.2, 0) is 9.59 Å². The number of hydrogen-bond acceptors (Lipinski definition) is 3. The zero-order valence-electron chi connectivity index (χ0n) is 11.8. The molecule has 1 aromatic rings. The number of anilines is 1. The van der Waals surface area contributed by atoms with Gasteiger partial charge in [-0.25, -0.2) is 0 Å². The first-order valence-electron chi connectivity index (χ1n) is 6.69. The van der Waals surface area contributed by atoms with E-state index in [1.54, 1.807) is 4.90 Å². The van der Waals surface area contributed by atoms with Crippen molar-refractivity contribution in [2.75, 3.05) is 18.0 Å². The molecule has 1 atom stereocenters. The Morgan fingerprint density at radius 2 is 2.05 bits per heavy atom. The Labute approximate surface area is 118 Å². The molecule has 108 valence electrons. The van der Waals surface area contributed by atoms with Gasteiger partial charge in [-0.15, -0.1) is 0 Å². The van der Waals surface area contributed by atoms with E-state index in [0.29, 0.717) is 6.54 Å². The standard InChI is InChI=1S/C15H20N2O3/c1-15(2,9-16)14(20)17-8-10(7-13(18)19)11-5-3-4-6-12(11)17/h3-6,10H,7-9,16H2,1-2H3,(H,18,19). The predicted molar refractivity (Wildman–Crippen MR) is 76.6 cm³/mol. The van der Waals surface area contributed by atoms with Crippen LogP contribution in [0.2, 0.25) is 0 Å². The van der Waals surface area contributed by atoms with Gasteiger partial charge in [-0.05, 0) is 25.5 Å². The highest BCUT2D eigenvalue weighted by Gasteiger charge is 2.38. The number of para-hydroxylation sites is 1. The number of carbonyl (C=O) groups excluding carboxylic acids is 1. The zero-order chi connectivity index (χ0) is 14.9. The number of aliphatic carboxylic acids is 1. The lowest BCUT2D eigenvalue weighted by atomic mass is 9.92. The van der Waals surface area contributed by atoms with E-state index in [4.69, 9.17) is 10.8 Å². The van der Waals surface area contributed by atoms with Crippen LogP contribution >= 0.6 is 0 Å². The average Bonchev–Trinajstić information content (AvgIpc) is 2.76. The Bertz CT molecular complexity index is 540. The molecule has 20 heavy (non-hydrogen) atoms. The second-order valence-electron chi connectivity index (χ2n) is 5.86. The van der Waals surface area contributed by atoms with E-state index in [0.717, 1.165) is 11.3 Å². The Hall–Kier alpha value is -1.88. The lowest BCUT2D eigenvalue weighted by Crippen LogP contribution is -2.44. The third-order valence-electron chi connectivity index (χ3n) is 3.83. The summed E-state index contributed by atoms with van der Waals surface area (Å²) in [7, 11) is 0. The van der Waals surface area contributed by atoms with Gasteiger partial charge in [0.25, 0.3) is 0 Å². The monoisotopic (exact) mass is 276 g/mol. The SMILES string of the molecule is CC(C)(CN)C(=O)N1CC(CC(=O)O)c2ccccc21. The summed E-state index contributed by atoms with van der Waals surface area (Å²) in [6.07, 6.45) is 0.0316. The summed E-state index contributed by atoms with van der Waals surface area (Å²) in [6.45, 7) is 4.28. The normalized spacial score (nSPS) is 17.9. The number of fused-ring (bicyclic) bond motifs is 1. The molecule has 0 saturated carbocycles. The van der Waals surface area contributed by atoms with Gasteiger partial charge < -0.3 is 15.7 Å². The van der Waals surface area contributed by atoms with Crippen molar-refractivity contribution in [2.24, 2.45) is 11.1 Å². The molecule has 0 spiro atoms. The highest BCUT2D eigenvalue weighted by molar-refractivity contribution is 5.99. The highest BCUT2D eigenvalue weighted by Crippen LogP contribution is 2.39. The van der Waals surface area contributed by atoms with E-state index in [9.17, 15) is 9.59 Å². The van der Waals surface area contributed by atoms with Gasteiger partial charge in [0.05, 0.1) is 11.8 Å². The molecule has 5 nitrogen and oxygen atoms in total. The van der Waals surface area contributed by atoms with Crippen molar-refractivity contribution < 1.29 is 14.7 Å². The van der Waals surface area contributed by atoms with E-state index in [1.165, 1.54) is 0 Å². The van der Waals surface area contributed by atoms with Gasteiger partial charge in [0.2, 0.25) is 5.91 Å². The molecular weight excluding hydrogens is 256 g/mol. The maximum atomic E-state index is 12.6. The molecule has 0 fully saturated rings. The summed E-state index contributed by atoms with van der Waals surface area (Å²) in [5.41, 5.74) is 6.76. The molecule has 1 aliphatic rings. The quantitative estimate of drug-likeness (QED) is 0.874. The molecule has 0 saturated heterocycles. The van der Waals surface area contributed by atoms with Crippen molar-refractivity contribution in [1.29, 1.82) is 0 Å². The number of nitrogens with two attached hydrogens (primary N) is 1. The van der Waals surface area contributed by atoms with Crippen LogP contribution in [0.1, 0.15) is 31.7 Å². The maximum Gasteiger partial charge on any atom is 0.304 e. The molecule has 1 aliphatic heterocycles. The third kappa shape index (κ3) is 2.54. The van der Waals surface area contributed by atoms with Crippen LogP contribution in [0.4, 0.5) is 5.69 Å². The van der Waals surface area contributed by atoms with Crippen molar-refractivity contribution in [1.82, 2.24) is 0 Å². The van der Waals surface area contributed by atoms with Crippen LogP contribution in [0.15, 0.2) is 24.3 Å². The smallest absolute Gasteiger partial charge is 0.304 e. The molecule has 0 aromatic heterocycles. The molecule has 1 aromatic carbocycles. The van der Waals surface area contributed by atoms with Crippen LogP contribution in [0.3, 0.4) is 0 Å². The highest BCUT2D eigenvalue weighted by atomic mass is 16.4. The fourth-order valence-electron chi connectivity index (χ4n) is 2.53. The van der Waals surface area contributed by atoms with Crippen molar-refractivity contribution in [3.63, 3.8) is 0 Å². The fourth-order valence-corrected chi connectivity index (χ4v) is 2.53. The minimum atomic E-state index is -0.850. The van der Waals surface area contributed by atoms with Gasteiger partial charge in [-0.2, -0.15) is 0 Å². The molecule has 0 aliphatic carbocycles. The molecule has 0 radical (unpaired) electrons. The second kappa shape index (κ2) is 5.25. The summed E-state index contributed by atoms with van der Waals surface area (Å²) in [5.74, 6) is -1.06. The maximum absolute atomic E-state index is 12.6. The first-order valence-corrected chi connectivity index (χ1v) is 6.69. The van der Waals surface area contributed by atoms with Crippen LogP contribution in [0.25, 0.3) is 0 Å². The Morgan fingerprint density at radius 3 is 2.65 bits per heavy atom. The number of hydrogen-bond donors (Lipinski definition) is 2. The lowest BCUT2D eigenvalue weighted by Gasteiger charge is -2.28. The topological polar surface area (TPSA) is 83.6 Å². The van der Waals surface area contributed by atoms with Crippen LogP contribution in [-0.4, -0.2) is 30.1 Å².